The summed E-state index contributed by atoms with van der Waals surface area (Å²) < 4.78 is 0. The first-order valence-electron chi connectivity index (χ1n) is 8.08. The molecule has 0 saturated carbocycles. The lowest BCUT2D eigenvalue weighted by Crippen LogP contribution is -2.08. The molecule has 0 unspecified atom stereocenters. The molecule has 0 aliphatic heterocycles. The fraction of sp³-hybridized carbons (Fsp3) is 0.238. The maximum atomic E-state index is 12.5. The molecule has 0 amide bonds. The van der Waals surface area contributed by atoms with Gasteiger partial charge >= 0.3 is 0 Å². The maximum absolute atomic E-state index is 12.5. The minimum absolute atomic E-state index is 0.149. The molecule has 3 heteroatoms. The van der Waals surface area contributed by atoms with Crippen LogP contribution in [0.2, 0.25) is 0 Å². The Balaban J connectivity index is 2.23. The quantitative estimate of drug-likeness (QED) is 0.447. The summed E-state index contributed by atoms with van der Waals surface area (Å²) in [5, 5.41) is 9.35. The van der Waals surface area contributed by atoms with Crippen molar-refractivity contribution in [3.8, 4) is 6.07 Å². The zero-order chi connectivity index (χ0) is 17.5. The van der Waals surface area contributed by atoms with E-state index in [9.17, 15) is 10.1 Å². The van der Waals surface area contributed by atoms with Crippen molar-refractivity contribution in [3.63, 3.8) is 0 Å². The van der Waals surface area contributed by atoms with Crippen LogP contribution in [-0.4, -0.2) is 19.9 Å². The number of allylic oxidation sites excluding steroid dienone is 1. The minimum atomic E-state index is -0.239. The largest absolute Gasteiger partial charge is 0.378 e. The Bertz CT molecular complexity index is 763. The highest BCUT2D eigenvalue weighted by Gasteiger charge is 2.12. The summed E-state index contributed by atoms with van der Waals surface area (Å²) in [4.78, 5) is 14.5. The molecule has 0 bridgehead atoms. The van der Waals surface area contributed by atoms with E-state index in [2.05, 4.69) is 6.92 Å². The number of nitriles is 1. The third-order valence-corrected chi connectivity index (χ3v) is 3.84. The number of anilines is 1. The summed E-state index contributed by atoms with van der Waals surface area (Å²) in [7, 11) is 3.94. The van der Waals surface area contributed by atoms with E-state index in [0.717, 1.165) is 24.1 Å². The third-order valence-electron chi connectivity index (χ3n) is 3.84. The second kappa shape index (κ2) is 8.12. The van der Waals surface area contributed by atoms with Gasteiger partial charge < -0.3 is 4.90 Å². The lowest BCUT2D eigenvalue weighted by atomic mass is 10.00. The van der Waals surface area contributed by atoms with Crippen LogP contribution in [0.25, 0.3) is 6.08 Å². The summed E-state index contributed by atoms with van der Waals surface area (Å²) in [6, 6.07) is 17.3. The van der Waals surface area contributed by atoms with Gasteiger partial charge in [-0.05, 0) is 35.8 Å². The van der Waals surface area contributed by atoms with Gasteiger partial charge in [0.1, 0.15) is 11.6 Å². The molecule has 0 spiro atoms. The highest BCUT2D eigenvalue weighted by atomic mass is 16.1. The van der Waals surface area contributed by atoms with Crippen LogP contribution in [0.5, 0.6) is 0 Å². The number of benzene rings is 2. The minimum Gasteiger partial charge on any atom is -0.378 e. The van der Waals surface area contributed by atoms with Gasteiger partial charge in [0.25, 0.3) is 0 Å². The molecule has 0 heterocycles. The van der Waals surface area contributed by atoms with E-state index < -0.39 is 0 Å². The van der Waals surface area contributed by atoms with E-state index in [1.807, 2.05) is 61.5 Å². The fourth-order valence-electron chi connectivity index (χ4n) is 2.45. The molecule has 3 nitrogen and oxygen atoms in total. The van der Waals surface area contributed by atoms with Crippen LogP contribution in [0, 0.1) is 11.3 Å². The molecule has 2 rings (SSSR count). The van der Waals surface area contributed by atoms with Gasteiger partial charge in [0, 0.05) is 25.3 Å². The molecule has 0 atom stereocenters. The molecule has 0 aliphatic rings. The first-order valence-corrected chi connectivity index (χ1v) is 8.08. The highest BCUT2D eigenvalue weighted by Crippen LogP contribution is 2.17. The highest BCUT2D eigenvalue weighted by molar-refractivity contribution is 6.14. The standard InChI is InChI=1S/C21H22N2O/c1-4-5-16-6-10-18(11-7-16)21(24)19(15-22)14-17-8-12-20(13-9-17)23(2)3/h6-14H,4-5H2,1-3H3/b19-14-. The number of carbonyl (C=O) groups excluding carboxylic acids is 1. The van der Waals surface area contributed by atoms with Crippen LogP contribution in [0.3, 0.4) is 0 Å². The summed E-state index contributed by atoms with van der Waals surface area (Å²) in [5.41, 5.74) is 3.82. The number of aryl methyl sites for hydroxylation is 1. The van der Waals surface area contributed by atoms with Gasteiger partial charge in [0.05, 0.1) is 0 Å². The number of ketones is 1. The number of carbonyl (C=O) groups is 1. The monoisotopic (exact) mass is 318 g/mol. The lowest BCUT2D eigenvalue weighted by molar-refractivity contribution is 0.104. The first kappa shape index (κ1) is 17.5. The molecular weight excluding hydrogens is 296 g/mol. The summed E-state index contributed by atoms with van der Waals surface area (Å²) in [5.74, 6) is -0.239. The van der Waals surface area contributed by atoms with Crippen molar-refractivity contribution < 1.29 is 4.79 Å². The predicted octanol–water partition coefficient (Wildman–Crippen LogP) is 4.49. The van der Waals surface area contributed by atoms with Crippen molar-refractivity contribution in [1.82, 2.24) is 0 Å². The zero-order valence-corrected chi connectivity index (χ0v) is 14.4. The van der Waals surface area contributed by atoms with Crippen molar-refractivity contribution in [3.05, 3.63) is 70.8 Å². The van der Waals surface area contributed by atoms with Gasteiger partial charge in [0.15, 0.2) is 0 Å². The Morgan fingerprint density at radius 3 is 2.21 bits per heavy atom. The number of nitrogens with zero attached hydrogens (tertiary/aromatic N) is 2. The van der Waals surface area contributed by atoms with Crippen LogP contribution < -0.4 is 4.90 Å². The second-order valence-electron chi connectivity index (χ2n) is 5.93. The van der Waals surface area contributed by atoms with E-state index in [1.165, 1.54) is 5.56 Å². The van der Waals surface area contributed by atoms with E-state index in [0.29, 0.717) is 5.56 Å². The Hall–Kier alpha value is -2.86. The van der Waals surface area contributed by atoms with Crippen molar-refractivity contribution in [2.75, 3.05) is 19.0 Å². The van der Waals surface area contributed by atoms with Crippen LogP contribution in [-0.2, 0) is 6.42 Å². The summed E-state index contributed by atoms with van der Waals surface area (Å²) in [6.07, 6.45) is 3.70. The Morgan fingerprint density at radius 1 is 1.08 bits per heavy atom. The average molecular weight is 318 g/mol. The maximum Gasteiger partial charge on any atom is 0.203 e. The lowest BCUT2D eigenvalue weighted by Gasteiger charge is -2.11. The topological polar surface area (TPSA) is 44.1 Å². The first-order chi connectivity index (χ1) is 11.5. The smallest absolute Gasteiger partial charge is 0.203 e. The van der Waals surface area contributed by atoms with Gasteiger partial charge in [-0.25, -0.2) is 0 Å². The molecule has 0 aliphatic carbocycles. The predicted molar refractivity (Wildman–Crippen MR) is 99.1 cm³/mol. The van der Waals surface area contributed by atoms with Crippen LogP contribution in [0.1, 0.15) is 34.8 Å². The molecule has 0 aromatic heterocycles. The molecule has 0 fully saturated rings. The molecule has 2 aromatic rings. The molecule has 24 heavy (non-hydrogen) atoms. The molecule has 122 valence electrons. The average Bonchev–Trinajstić information content (AvgIpc) is 2.60. The Morgan fingerprint density at radius 2 is 1.71 bits per heavy atom. The summed E-state index contributed by atoms with van der Waals surface area (Å²) >= 11 is 0. The normalized spacial score (nSPS) is 11.0. The van der Waals surface area contributed by atoms with E-state index in [1.54, 1.807) is 18.2 Å². The molecule has 0 N–H and O–H groups in total. The van der Waals surface area contributed by atoms with Crippen molar-refractivity contribution in [1.29, 1.82) is 5.26 Å². The van der Waals surface area contributed by atoms with E-state index in [4.69, 9.17) is 0 Å². The second-order valence-corrected chi connectivity index (χ2v) is 5.93. The third kappa shape index (κ3) is 4.33. The van der Waals surface area contributed by atoms with Crippen molar-refractivity contribution >= 4 is 17.5 Å². The number of Topliss-reactive ketones (excluding diaryl/α,β-unsaturated/α-hetero) is 1. The zero-order valence-electron chi connectivity index (χ0n) is 14.4. The Labute approximate surface area is 143 Å². The van der Waals surface area contributed by atoms with Gasteiger partial charge in [-0.1, -0.05) is 49.7 Å². The number of hydrogen-bond donors (Lipinski definition) is 0. The molecule has 0 saturated heterocycles. The molecule has 2 aromatic carbocycles. The van der Waals surface area contributed by atoms with Crippen molar-refractivity contribution in [2.24, 2.45) is 0 Å². The van der Waals surface area contributed by atoms with Gasteiger partial charge in [0.2, 0.25) is 5.78 Å². The van der Waals surface area contributed by atoms with Crippen LogP contribution in [0.4, 0.5) is 5.69 Å². The van der Waals surface area contributed by atoms with E-state index in [-0.39, 0.29) is 11.4 Å². The number of hydrogen-bond acceptors (Lipinski definition) is 3. The summed E-state index contributed by atoms with van der Waals surface area (Å²) in [6.45, 7) is 2.12. The van der Waals surface area contributed by atoms with Gasteiger partial charge in [-0.15, -0.1) is 0 Å². The van der Waals surface area contributed by atoms with Crippen molar-refractivity contribution in [2.45, 2.75) is 19.8 Å². The molecule has 0 radical (unpaired) electrons. The van der Waals surface area contributed by atoms with E-state index >= 15 is 0 Å². The van der Waals surface area contributed by atoms with Crippen LogP contribution in [0.15, 0.2) is 54.1 Å². The fourth-order valence-corrected chi connectivity index (χ4v) is 2.45. The van der Waals surface area contributed by atoms with Gasteiger partial charge in [-0.2, -0.15) is 5.26 Å². The Kier molecular flexibility index (Phi) is 5.92. The van der Waals surface area contributed by atoms with Crippen LogP contribution >= 0.6 is 0 Å². The SMILES string of the molecule is CCCc1ccc(C(=O)/C(C#N)=C\c2ccc(N(C)C)cc2)cc1. The number of rotatable bonds is 6. The molecular formula is C21H22N2O. The van der Waals surface area contributed by atoms with Gasteiger partial charge in [-0.3, -0.25) is 4.79 Å².